The van der Waals surface area contributed by atoms with E-state index in [9.17, 15) is 0 Å². The first kappa shape index (κ1) is 6.93. The number of rotatable bonds is 1. The molecule has 52 valence electrons. The van der Waals surface area contributed by atoms with Crippen molar-refractivity contribution in [3.8, 4) is 0 Å². The Kier molecular flexibility index (Phi) is 2.15. The van der Waals surface area contributed by atoms with Gasteiger partial charge in [-0.05, 0) is 25.5 Å². The van der Waals surface area contributed by atoms with Crippen molar-refractivity contribution in [3.63, 3.8) is 0 Å². The van der Waals surface area contributed by atoms with Crippen LogP contribution in [0, 0.1) is 6.92 Å². The molecular formula is C8H10N2. The summed E-state index contributed by atoms with van der Waals surface area (Å²) in [7, 11) is 0. The fraction of sp³-hybridized carbons (Fsp3) is 0.250. The quantitative estimate of drug-likeness (QED) is 0.585. The van der Waals surface area contributed by atoms with Crippen LogP contribution in [0.3, 0.4) is 0 Å². The van der Waals surface area contributed by atoms with Crippen LogP contribution in [0.4, 0.5) is 0 Å². The van der Waals surface area contributed by atoms with Gasteiger partial charge in [-0.2, -0.15) is 0 Å². The molecule has 0 aliphatic heterocycles. The third kappa shape index (κ3) is 1.65. The summed E-state index contributed by atoms with van der Waals surface area (Å²) >= 11 is 0. The number of aryl methyl sites for hydroxylation is 1. The normalized spacial score (nSPS) is 10.6. The molecule has 0 unspecified atom stereocenters. The van der Waals surface area contributed by atoms with Crippen LogP contribution in [-0.4, -0.2) is 9.97 Å². The zero-order valence-corrected chi connectivity index (χ0v) is 6.20. The Balaban J connectivity index is 2.89. The van der Waals surface area contributed by atoms with E-state index in [1.807, 2.05) is 38.4 Å². The van der Waals surface area contributed by atoms with Crippen LogP contribution in [0.25, 0.3) is 6.08 Å². The molecular weight excluding hydrogens is 124 g/mol. The zero-order chi connectivity index (χ0) is 7.40. The van der Waals surface area contributed by atoms with Crippen molar-refractivity contribution in [2.45, 2.75) is 13.8 Å². The summed E-state index contributed by atoms with van der Waals surface area (Å²) in [6.07, 6.45) is 7.41. The van der Waals surface area contributed by atoms with Crippen LogP contribution in [0.15, 0.2) is 18.5 Å². The average molecular weight is 134 g/mol. The van der Waals surface area contributed by atoms with Crippen molar-refractivity contribution in [2.24, 2.45) is 0 Å². The molecule has 0 amide bonds. The third-order valence-corrected chi connectivity index (χ3v) is 1.12. The molecule has 0 aliphatic rings. The minimum atomic E-state index is 0.771. The summed E-state index contributed by atoms with van der Waals surface area (Å²) in [5.41, 5.74) is 1.09. The number of hydrogen-bond donors (Lipinski definition) is 0. The van der Waals surface area contributed by atoms with Gasteiger partial charge >= 0.3 is 0 Å². The van der Waals surface area contributed by atoms with E-state index in [1.165, 1.54) is 0 Å². The molecule has 2 nitrogen and oxygen atoms in total. The van der Waals surface area contributed by atoms with Crippen molar-refractivity contribution in [1.82, 2.24) is 9.97 Å². The van der Waals surface area contributed by atoms with Gasteiger partial charge in [-0.1, -0.05) is 6.08 Å². The highest BCUT2D eigenvalue weighted by Crippen LogP contribution is 1.94. The summed E-state index contributed by atoms with van der Waals surface area (Å²) in [6.45, 7) is 3.92. The molecule has 0 N–H and O–H groups in total. The van der Waals surface area contributed by atoms with Gasteiger partial charge in [-0.25, -0.2) is 9.97 Å². The predicted molar refractivity (Wildman–Crippen MR) is 41.5 cm³/mol. The molecule has 0 atom stereocenters. The summed E-state index contributed by atoms with van der Waals surface area (Å²) < 4.78 is 0. The second-order valence-electron chi connectivity index (χ2n) is 2.12. The van der Waals surface area contributed by atoms with E-state index in [2.05, 4.69) is 9.97 Å². The van der Waals surface area contributed by atoms with Crippen LogP contribution in [0.5, 0.6) is 0 Å². The molecule has 1 heterocycles. The standard InChI is InChI=1S/C8H10N2/c1-3-4-8-9-5-7(2)6-10-8/h3-6H,1-2H3/b4-3-. The van der Waals surface area contributed by atoms with Gasteiger partial charge in [0, 0.05) is 12.4 Å². The summed E-state index contributed by atoms with van der Waals surface area (Å²) in [5.74, 6) is 0.771. The molecule has 0 aliphatic carbocycles. The molecule has 0 bridgehead atoms. The van der Waals surface area contributed by atoms with E-state index in [1.54, 1.807) is 0 Å². The minimum absolute atomic E-state index is 0.771. The molecule has 10 heavy (non-hydrogen) atoms. The van der Waals surface area contributed by atoms with Gasteiger partial charge in [0.05, 0.1) is 0 Å². The van der Waals surface area contributed by atoms with Crippen molar-refractivity contribution in [3.05, 3.63) is 29.9 Å². The fourth-order valence-corrected chi connectivity index (χ4v) is 0.638. The molecule has 1 aromatic rings. The highest BCUT2D eigenvalue weighted by molar-refractivity contribution is 5.38. The number of allylic oxidation sites excluding steroid dienone is 1. The lowest BCUT2D eigenvalue weighted by atomic mass is 10.4. The van der Waals surface area contributed by atoms with Crippen molar-refractivity contribution < 1.29 is 0 Å². The van der Waals surface area contributed by atoms with Gasteiger partial charge in [-0.3, -0.25) is 0 Å². The highest BCUT2D eigenvalue weighted by Gasteiger charge is 1.86. The van der Waals surface area contributed by atoms with Crippen molar-refractivity contribution in [1.29, 1.82) is 0 Å². The predicted octanol–water partition coefficient (Wildman–Crippen LogP) is 1.82. The van der Waals surface area contributed by atoms with Gasteiger partial charge in [0.1, 0.15) is 0 Å². The van der Waals surface area contributed by atoms with Gasteiger partial charge in [0.15, 0.2) is 5.82 Å². The lowest BCUT2D eigenvalue weighted by Crippen LogP contribution is -1.85. The topological polar surface area (TPSA) is 25.8 Å². The molecule has 0 spiro atoms. The van der Waals surface area contributed by atoms with E-state index in [4.69, 9.17) is 0 Å². The SMILES string of the molecule is C/C=C\c1ncc(C)cn1. The van der Waals surface area contributed by atoms with E-state index >= 15 is 0 Å². The minimum Gasteiger partial charge on any atom is -0.237 e. The van der Waals surface area contributed by atoms with Gasteiger partial charge in [0.25, 0.3) is 0 Å². The number of nitrogens with zero attached hydrogens (tertiary/aromatic N) is 2. The third-order valence-electron chi connectivity index (χ3n) is 1.12. The smallest absolute Gasteiger partial charge is 0.151 e. The Morgan fingerprint density at radius 3 is 2.40 bits per heavy atom. The Morgan fingerprint density at radius 2 is 1.90 bits per heavy atom. The van der Waals surface area contributed by atoms with Gasteiger partial charge in [0.2, 0.25) is 0 Å². The van der Waals surface area contributed by atoms with E-state index < -0.39 is 0 Å². The first-order valence-corrected chi connectivity index (χ1v) is 3.24. The van der Waals surface area contributed by atoms with Crippen LogP contribution < -0.4 is 0 Å². The Morgan fingerprint density at radius 1 is 1.30 bits per heavy atom. The van der Waals surface area contributed by atoms with Gasteiger partial charge < -0.3 is 0 Å². The van der Waals surface area contributed by atoms with Crippen LogP contribution >= 0.6 is 0 Å². The van der Waals surface area contributed by atoms with Crippen molar-refractivity contribution in [2.75, 3.05) is 0 Å². The lowest BCUT2D eigenvalue weighted by molar-refractivity contribution is 1.10. The van der Waals surface area contributed by atoms with Gasteiger partial charge in [-0.15, -0.1) is 0 Å². The first-order chi connectivity index (χ1) is 4.83. The molecule has 2 heteroatoms. The van der Waals surface area contributed by atoms with E-state index in [0.717, 1.165) is 11.4 Å². The molecule has 1 aromatic heterocycles. The zero-order valence-electron chi connectivity index (χ0n) is 6.20. The van der Waals surface area contributed by atoms with Crippen LogP contribution in [0.2, 0.25) is 0 Å². The lowest BCUT2D eigenvalue weighted by Gasteiger charge is -1.90. The monoisotopic (exact) mass is 134 g/mol. The Labute approximate surface area is 60.6 Å². The molecule has 0 radical (unpaired) electrons. The first-order valence-electron chi connectivity index (χ1n) is 3.24. The summed E-state index contributed by atoms with van der Waals surface area (Å²) in [6, 6.07) is 0. The van der Waals surface area contributed by atoms with Crippen LogP contribution in [0.1, 0.15) is 18.3 Å². The fourth-order valence-electron chi connectivity index (χ4n) is 0.638. The number of hydrogen-bond acceptors (Lipinski definition) is 2. The van der Waals surface area contributed by atoms with Crippen molar-refractivity contribution >= 4 is 6.08 Å². The Bertz CT molecular complexity index is 224. The molecule has 1 rings (SSSR count). The molecule has 0 fully saturated rings. The number of aromatic nitrogens is 2. The second-order valence-corrected chi connectivity index (χ2v) is 2.12. The average Bonchev–Trinajstić information content (AvgIpc) is 1.95. The Hall–Kier alpha value is -1.18. The van der Waals surface area contributed by atoms with E-state index in [-0.39, 0.29) is 0 Å². The summed E-state index contributed by atoms with van der Waals surface area (Å²) in [5, 5.41) is 0. The van der Waals surface area contributed by atoms with E-state index in [0.29, 0.717) is 0 Å². The molecule has 0 saturated heterocycles. The maximum absolute atomic E-state index is 4.07. The maximum atomic E-state index is 4.07. The highest BCUT2D eigenvalue weighted by atomic mass is 14.8. The molecule has 0 saturated carbocycles. The largest absolute Gasteiger partial charge is 0.237 e. The maximum Gasteiger partial charge on any atom is 0.151 e. The summed E-state index contributed by atoms with van der Waals surface area (Å²) in [4.78, 5) is 8.14. The molecule has 0 aromatic carbocycles. The van der Waals surface area contributed by atoms with Crippen LogP contribution in [-0.2, 0) is 0 Å². The second kappa shape index (κ2) is 3.11.